The predicted octanol–water partition coefficient (Wildman–Crippen LogP) is 2.00. The van der Waals surface area contributed by atoms with Crippen LogP contribution in [0.15, 0.2) is 0 Å². The van der Waals surface area contributed by atoms with Gasteiger partial charge in [0.05, 0.1) is 6.10 Å². The molecule has 0 aromatic rings. The minimum Gasteiger partial charge on any atom is -0.447 e. The fraction of sp³-hybridized carbons (Fsp3) is 0.923. The Balaban J connectivity index is 1.85. The van der Waals surface area contributed by atoms with E-state index in [0.29, 0.717) is 12.0 Å². The van der Waals surface area contributed by atoms with Crippen molar-refractivity contribution < 1.29 is 9.53 Å². The van der Waals surface area contributed by atoms with E-state index in [1.807, 2.05) is 18.7 Å². The molecule has 4 nitrogen and oxygen atoms in total. The molecule has 0 spiro atoms. The monoisotopic (exact) mass is 240 g/mol. The molecule has 0 aromatic carbocycles. The van der Waals surface area contributed by atoms with Crippen LogP contribution in [0.5, 0.6) is 0 Å². The second kappa shape index (κ2) is 5.71. The lowest BCUT2D eigenvalue weighted by molar-refractivity contribution is 0.0677. The highest BCUT2D eigenvalue weighted by Gasteiger charge is 2.35. The predicted molar refractivity (Wildman–Crippen MR) is 66.9 cm³/mol. The molecule has 1 unspecified atom stereocenters. The molecule has 4 heteroatoms. The lowest BCUT2D eigenvalue weighted by atomic mass is 9.99. The average Bonchev–Trinajstić information content (AvgIpc) is 3.10. The Labute approximate surface area is 104 Å². The van der Waals surface area contributed by atoms with Crippen molar-refractivity contribution in [3.8, 4) is 0 Å². The van der Waals surface area contributed by atoms with Gasteiger partial charge in [0.25, 0.3) is 0 Å². The highest BCUT2D eigenvalue weighted by molar-refractivity contribution is 5.68. The van der Waals surface area contributed by atoms with Crippen LogP contribution in [0.3, 0.4) is 0 Å². The number of amides is 1. The van der Waals surface area contributed by atoms with E-state index in [1.54, 1.807) is 0 Å². The summed E-state index contributed by atoms with van der Waals surface area (Å²) in [7, 11) is 0. The average molecular weight is 240 g/mol. The van der Waals surface area contributed by atoms with Gasteiger partial charge in [-0.3, -0.25) is 0 Å². The quantitative estimate of drug-likeness (QED) is 0.817. The number of piperidine rings is 1. The Hall–Kier alpha value is -0.770. The van der Waals surface area contributed by atoms with Gasteiger partial charge in [-0.15, -0.1) is 0 Å². The van der Waals surface area contributed by atoms with Crippen molar-refractivity contribution >= 4 is 6.09 Å². The summed E-state index contributed by atoms with van der Waals surface area (Å²) in [5, 5.41) is 3.40. The van der Waals surface area contributed by atoms with Crippen LogP contribution in [0.4, 0.5) is 4.79 Å². The zero-order valence-corrected chi connectivity index (χ0v) is 10.9. The van der Waals surface area contributed by atoms with E-state index < -0.39 is 0 Å². The number of rotatable bonds is 4. The zero-order chi connectivity index (χ0) is 12.3. The van der Waals surface area contributed by atoms with Crippen molar-refractivity contribution in [2.24, 2.45) is 5.92 Å². The SMILES string of the molecule is CC(C)OC(=O)N(CC1CCCNC1)C1CC1. The summed E-state index contributed by atoms with van der Waals surface area (Å²) in [6, 6.07) is 0.447. The van der Waals surface area contributed by atoms with Crippen molar-refractivity contribution in [2.75, 3.05) is 19.6 Å². The molecule has 2 fully saturated rings. The Morgan fingerprint density at radius 1 is 1.41 bits per heavy atom. The minimum atomic E-state index is -0.118. The topological polar surface area (TPSA) is 41.6 Å². The van der Waals surface area contributed by atoms with Crippen molar-refractivity contribution in [1.82, 2.24) is 10.2 Å². The number of ether oxygens (including phenoxy) is 1. The molecule has 0 bridgehead atoms. The molecule has 98 valence electrons. The molecule has 1 heterocycles. The molecule has 1 atom stereocenters. The third-order valence-electron chi connectivity index (χ3n) is 3.41. The first-order valence-corrected chi connectivity index (χ1v) is 6.85. The Bertz CT molecular complexity index is 258. The normalized spacial score (nSPS) is 24.8. The maximum absolute atomic E-state index is 12.0. The van der Waals surface area contributed by atoms with Crippen LogP contribution in [0, 0.1) is 5.92 Å². The van der Waals surface area contributed by atoms with Gasteiger partial charge in [0.2, 0.25) is 0 Å². The summed E-state index contributed by atoms with van der Waals surface area (Å²) < 4.78 is 5.32. The second-order valence-corrected chi connectivity index (χ2v) is 5.53. The van der Waals surface area contributed by atoms with E-state index in [9.17, 15) is 4.79 Å². The Morgan fingerprint density at radius 2 is 2.18 bits per heavy atom. The maximum Gasteiger partial charge on any atom is 0.410 e. The van der Waals surface area contributed by atoms with Crippen molar-refractivity contribution in [3.63, 3.8) is 0 Å². The highest BCUT2D eigenvalue weighted by Crippen LogP contribution is 2.29. The second-order valence-electron chi connectivity index (χ2n) is 5.53. The summed E-state index contributed by atoms with van der Waals surface area (Å²) >= 11 is 0. The first-order valence-electron chi connectivity index (χ1n) is 6.85. The van der Waals surface area contributed by atoms with Gasteiger partial charge in [-0.1, -0.05) is 0 Å². The summed E-state index contributed by atoms with van der Waals surface area (Å²) in [5.41, 5.74) is 0. The summed E-state index contributed by atoms with van der Waals surface area (Å²) in [5.74, 6) is 0.601. The van der Waals surface area contributed by atoms with Crippen molar-refractivity contribution in [1.29, 1.82) is 0 Å². The van der Waals surface area contributed by atoms with Gasteiger partial charge in [-0.2, -0.15) is 0 Å². The summed E-state index contributed by atoms with van der Waals surface area (Å²) in [4.78, 5) is 13.9. The molecule has 1 N–H and O–H groups in total. The number of hydrogen-bond acceptors (Lipinski definition) is 3. The van der Waals surface area contributed by atoms with Crippen LogP contribution < -0.4 is 5.32 Å². The number of nitrogens with zero attached hydrogens (tertiary/aromatic N) is 1. The first-order chi connectivity index (χ1) is 8.16. The molecule has 1 aliphatic carbocycles. The Morgan fingerprint density at radius 3 is 2.71 bits per heavy atom. The van der Waals surface area contributed by atoms with E-state index in [0.717, 1.165) is 32.5 Å². The molecule has 1 saturated carbocycles. The molecule has 0 radical (unpaired) electrons. The molecule has 0 aromatic heterocycles. The molecule has 1 saturated heterocycles. The number of carbonyl (C=O) groups is 1. The van der Waals surface area contributed by atoms with Gasteiger partial charge < -0.3 is 15.0 Å². The largest absolute Gasteiger partial charge is 0.447 e. The minimum absolute atomic E-state index is 0.0202. The standard InChI is InChI=1S/C13H24N2O2/c1-10(2)17-13(16)15(12-5-6-12)9-11-4-3-7-14-8-11/h10-12,14H,3-9H2,1-2H3. The molecule has 2 rings (SSSR count). The zero-order valence-electron chi connectivity index (χ0n) is 10.9. The fourth-order valence-electron chi connectivity index (χ4n) is 2.39. The molecular weight excluding hydrogens is 216 g/mol. The van der Waals surface area contributed by atoms with Crippen LogP contribution in [-0.4, -0.2) is 42.8 Å². The maximum atomic E-state index is 12.0. The third-order valence-corrected chi connectivity index (χ3v) is 3.41. The van der Waals surface area contributed by atoms with E-state index in [2.05, 4.69) is 5.32 Å². The van der Waals surface area contributed by atoms with E-state index in [1.165, 1.54) is 12.8 Å². The smallest absolute Gasteiger partial charge is 0.410 e. The molecule has 17 heavy (non-hydrogen) atoms. The highest BCUT2D eigenvalue weighted by atomic mass is 16.6. The van der Waals surface area contributed by atoms with Crippen LogP contribution in [0.1, 0.15) is 39.5 Å². The van der Waals surface area contributed by atoms with Gasteiger partial charge in [-0.25, -0.2) is 4.79 Å². The lowest BCUT2D eigenvalue weighted by Gasteiger charge is -2.30. The number of nitrogens with one attached hydrogen (secondary N) is 1. The number of carbonyl (C=O) groups excluding carboxylic acids is 1. The van der Waals surface area contributed by atoms with Crippen LogP contribution in [0.25, 0.3) is 0 Å². The summed E-state index contributed by atoms with van der Waals surface area (Å²) in [6.45, 7) is 6.84. The van der Waals surface area contributed by atoms with Gasteiger partial charge in [-0.05, 0) is 58.5 Å². The molecule has 1 aliphatic heterocycles. The van der Waals surface area contributed by atoms with Gasteiger partial charge in [0, 0.05) is 12.6 Å². The van der Waals surface area contributed by atoms with Crippen LogP contribution in [-0.2, 0) is 4.74 Å². The van der Waals surface area contributed by atoms with E-state index in [4.69, 9.17) is 4.74 Å². The van der Waals surface area contributed by atoms with Crippen molar-refractivity contribution in [2.45, 2.75) is 51.7 Å². The molecule has 1 amide bonds. The van der Waals surface area contributed by atoms with E-state index in [-0.39, 0.29) is 12.2 Å². The third kappa shape index (κ3) is 3.87. The fourth-order valence-corrected chi connectivity index (χ4v) is 2.39. The van der Waals surface area contributed by atoms with Crippen LogP contribution in [0.2, 0.25) is 0 Å². The van der Waals surface area contributed by atoms with Gasteiger partial charge >= 0.3 is 6.09 Å². The molecular formula is C13H24N2O2. The van der Waals surface area contributed by atoms with Crippen molar-refractivity contribution in [3.05, 3.63) is 0 Å². The first kappa shape index (κ1) is 12.7. The Kier molecular flexibility index (Phi) is 4.26. The van der Waals surface area contributed by atoms with Crippen LogP contribution >= 0.6 is 0 Å². The lowest BCUT2D eigenvalue weighted by Crippen LogP contribution is -2.42. The van der Waals surface area contributed by atoms with Gasteiger partial charge in [0.15, 0.2) is 0 Å². The summed E-state index contributed by atoms with van der Waals surface area (Å²) in [6.07, 6.45) is 4.61. The van der Waals surface area contributed by atoms with E-state index >= 15 is 0 Å². The molecule has 2 aliphatic rings. The number of hydrogen-bond donors (Lipinski definition) is 1. The van der Waals surface area contributed by atoms with Gasteiger partial charge in [0.1, 0.15) is 0 Å².